The van der Waals surface area contributed by atoms with Crippen LogP contribution in [0.2, 0.25) is 0 Å². The van der Waals surface area contributed by atoms with Crippen molar-refractivity contribution in [3.63, 3.8) is 0 Å². The quantitative estimate of drug-likeness (QED) is 0.820. The summed E-state index contributed by atoms with van der Waals surface area (Å²) >= 11 is 0. The van der Waals surface area contributed by atoms with E-state index in [1.54, 1.807) is 12.1 Å². The SMILES string of the molecule is COc1ncccc1C(=O)C1CCCN1C(=O)O. The van der Waals surface area contributed by atoms with Crippen LogP contribution in [0.1, 0.15) is 23.2 Å². The summed E-state index contributed by atoms with van der Waals surface area (Å²) in [6.07, 6.45) is 1.71. The minimum atomic E-state index is -1.06. The zero-order chi connectivity index (χ0) is 13.1. The summed E-state index contributed by atoms with van der Waals surface area (Å²) in [6.45, 7) is 0.397. The summed E-state index contributed by atoms with van der Waals surface area (Å²) in [6, 6.07) is 2.61. The number of hydrogen-bond acceptors (Lipinski definition) is 4. The van der Waals surface area contributed by atoms with Crippen LogP contribution < -0.4 is 4.74 Å². The van der Waals surface area contributed by atoms with Gasteiger partial charge in [0.05, 0.1) is 18.7 Å². The van der Waals surface area contributed by atoms with Crippen LogP contribution in [-0.2, 0) is 0 Å². The Kier molecular flexibility index (Phi) is 3.45. The summed E-state index contributed by atoms with van der Waals surface area (Å²) in [5.41, 5.74) is 0.332. The molecule has 1 aromatic rings. The Balaban J connectivity index is 2.28. The van der Waals surface area contributed by atoms with E-state index in [1.165, 1.54) is 18.2 Å². The summed E-state index contributed by atoms with van der Waals surface area (Å²) in [7, 11) is 1.43. The predicted molar refractivity (Wildman–Crippen MR) is 62.9 cm³/mol. The van der Waals surface area contributed by atoms with Crippen LogP contribution in [-0.4, -0.2) is 46.6 Å². The highest BCUT2D eigenvalue weighted by Crippen LogP contribution is 2.24. The largest absolute Gasteiger partial charge is 0.480 e. The fourth-order valence-corrected chi connectivity index (χ4v) is 2.19. The average Bonchev–Trinajstić information content (AvgIpc) is 2.87. The number of pyridine rings is 1. The monoisotopic (exact) mass is 250 g/mol. The van der Waals surface area contributed by atoms with Crippen molar-refractivity contribution in [3.8, 4) is 5.88 Å². The zero-order valence-corrected chi connectivity index (χ0v) is 10.00. The summed E-state index contributed by atoms with van der Waals surface area (Å²) < 4.78 is 5.02. The highest BCUT2D eigenvalue weighted by molar-refractivity contribution is 6.03. The number of amides is 1. The maximum absolute atomic E-state index is 12.3. The average molecular weight is 250 g/mol. The van der Waals surface area contributed by atoms with E-state index in [1.807, 2.05) is 0 Å². The molecule has 6 nitrogen and oxygen atoms in total. The van der Waals surface area contributed by atoms with Crippen molar-refractivity contribution >= 4 is 11.9 Å². The molecule has 1 amide bonds. The molecular formula is C12H14N2O4. The first kappa shape index (κ1) is 12.3. The molecule has 2 heterocycles. The van der Waals surface area contributed by atoms with Crippen LogP contribution in [0.15, 0.2) is 18.3 Å². The highest BCUT2D eigenvalue weighted by atomic mass is 16.5. The fraction of sp³-hybridized carbons (Fsp3) is 0.417. The maximum atomic E-state index is 12.3. The van der Waals surface area contributed by atoms with Gasteiger partial charge in [-0.05, 0) is 25.0 Å². The third-order valence-corrected chi connectivity index (χ3v) is 3.03. The molecule has 1 aromatic heterocycles. The van der Waals surface area contributed by atoms with Crippen molar-refractivity contribution in [3.05, 3.63) is 23.9 Å². The molecule has 0 aromatic carbocycles. The molecule has 96 valence electrons. The van der Waals surface area contributed by atoms with Gasteiger partial charge in [0.15, 0.2) is 5.78 Å². The van der Waals surface area contributed by atoms with Crippen molar-refractivity contribution in [2.24, 2.45) is 0 Å². The minimum absolute atomic E-state index is 0.236. The Morgan fingerprint density at radius 2 is 2.33 bits per heavy atom. The van der Waals surface area contributed by atoms with Gasteiger partial charge in [-0.3, -0.25) is 9.69 Å². The summed E-state index contributed by atoms with van der Waals surface area (Å²) in [5, 5.41) is 9.03. The summed E-state index contributed by atoms with van der Waals surface area (Å²) in [4.78, 5) is 28.5. The molecule has 1 unspecified atom stereocenters. The zero-order valence-electron chi connectivity index (χ0n) is 10.00. The fourth-order valence-electron chi connectivity index (χ4n) is 2.19. The molecule has 1 aliphatic heterocycles. The number of carbonyl (C=O) groups excluding carboxylic acids is 1. The number of methoxy groups -OCH3 is 1. The lowest BCUT2D eigenvalue weighted by molar-refractivity contribution is 0.0841. The number of ketones is 1. The van der Waals surface area contributed by atoms with Gasteiger partial charge in [0.2, 0.25) is 5.88 Å². The lowest BCUT2D eigenvalue weighted by Gasteiger charge is -2.20. The molecule has 0 saturated carbocycles. The molecule has 1 fully saturated rings. The molecule has 0 spiro atoms. The molecule has 0 radical (unpaired) electrons. The van der Waals surface area contributed by atoms with Crippen LogP contribution in [0.5, 0.6) is 5.88 Å². The molecule has 0 aliphatic carbocycles. The van der Waals surface area contributed by atoms with Crippen LogP contribution >= 0.6 is 0 Å². The first-order valence-corrected chi connectivity index (χ1v) is 5.68. The lowest BCUT2D eigenvalue weighted by Crippen LogP contribution is -2.39. The van der Waals surface area contributed by atoms with E-state index in [4.69, 9.17) is 9.84 Å². The Morgan fingerprint density at radius 1 is 1.56 bits per heavy atom. The maximum Gasteiger partial charge on any atom is 0.407 e. The van der Waals surface area contributed by atoms with Gasteiger partial charge >= 0.3 is 6.09 Å². The molecule has 1 aliphatic rings. The molecule has 1 saturated heterocycles. The van der Waals surface area contributed by atoms with Gasteiger partial charge in [-0.15, -0.1) is 0 Å². The van der Waals surface area contributed by atoms with Crippen molar-refractivity contribution in [2.45, 2.75) is 18.9 Å². The van der Waals surface area contributed by atoms with Crippen LogP contribution in [0, 0.1) is 0 Å². The minimum Gasteiger partial charge on any atom is -0.480 e. The molecule has 0 bridgehead atoms. The van der Waals surface area contributed by atoms with Crippen LogP contribution in [0.4, 0.5) is 4.79 Å². The first-order chi connectivity index (χ1) is 8.65. The number of rotatable bonds is 3. The second kappa shape index (κ2) is 5.03. The van der Waals surface area contributed by atoms with Crippen molar-refractivity contribution in [1.29, 1.82) is 0 Å². The Morgan fingerprint density at radius 3 is 3.00 bits per heavy atom. The third-order valence-electron chi connectivity index (χ3n) is 3.03. The van der Waals surface area contributed by atoms with E-state index in [0.717, 1.165) is 0 Å². The summed E-state index contributed by atoms with van der Waals surface area (Å²) in [5.74, 6) is -0.0143. The number of carboxylic acid groups (broad SMARTS) is 1. The van der Waals surface area contributed by atoms with Crippen molar-refractivity contribution in [1.82, 2.24) is 9.88 Å². The third kappa shape index (κ3) is 2.13. The molecule has 6 heteroatoms. The van der Waals surface area contributed by atoms with Gasteiger partial charge in [0.1, 0.15) is 0 Å². The molecular weight excluding hydrogens is 236 g/mol. The second-order valence-corrected chi connectivity index (χ2v) is 4.06. The van der Waals surface area contributed by atoms with Crippen LogP contribution in [0.25, 0.3) is 0 Å². The van der Waals surface area contributed by atoms with E-state index in [9.17, 15) is 9.59 Å². The van der Waals surface area contributed by atoms with E-state index in [0.29, 0.717) is 24.9 Å². The molecule has 18 heavy (non-hydrogen) atoms. The number of likely N-dealkylation sites (tertiary alicyclic amines) is 1. The van der Waals surface area contributed by atoms with Crippen molar-refractivity contribution in [2.75, 3.05) is 13.7 Å². The van der Waals surface area contributed by atoms with E-state index in [-0.39, 0.29) is 11.7 Å². The van der Waals surface area contributed by atoms with Gasteiger partial charge in [0, 0.05) is 12.7 Å². The van der Waals surface area contributed by atoms with E-state index < -0.39 is 12.1 Å². The van der Waals surface area contributed by atoms with Gasteiger partial charge in [-0.2, -0.15) is 0 Å². The smallest absolute Gasteiger partial charge is 0.407 e. The lowest BCUT2D eigenvalue weighted by atomic mass is 10.0. The van der Waals surface area contributed by atoms with Gasteiger partial charge in [-0.25, -0.2) is 9.78 Å². The molecule has 1 atom stereocenters. The Labute approximate surface area is 104 Å². The Hall–Kier alpha value is -2.11. The van der Waals surface area contributed by atoms with E-state index in [2.05, 4.69) is 4.98 Å². The van der Waals surface area contributed by atoms with Gasteiger partial charge in [0.25, 0.3) is 0 Å². The first-order valence-electron chi connectivity index (χ1n) is 5.68. The standard InChI is InChI=1S/C12H14N2O4/c1-18-11-8(4-2-6-13-11)10(15)9-5-3-7-14(9)12(16)17/h2,4,6,9H,3,5,7H2,1H3,(H,16,17). The highest BCUT2D eigenvalue weighted by Gasteiger charge is 2.35. The number of hydrogen-bond donors (Lipinski definition) is 1. The number of Topliss-reactive ketones (excluding diaryl/α,β-unsaturated/α-hetero) is 1. The van der Waals surface area contributed by atoms with Crippen molar-refractivity contribution < 1.29 is 19.4 Å². The number of ether oxygens (including phenoxy) is 1. The number of carbonyl (C=O) groups is 2. The number of aromatic nitrogens is 1. The molecule has 1 N–H and O–H groups in total. The molecule has 2 rings (SSSR count). The normalized spacial score (nSPS) is 18.7. The Bertz CT molecular complexity index is 475. The topological polar surface area (TPSA) is 79.7 Å². The van der Waals surface area contributed by atoms with Crippen LogP contribution in [0.3, 0.4) is 0 Å². The van der Waals surface area contributed by atoms with Gasteiger partial charge < -0.3 is 9.84 Å². The van der Waals surface area contributed by atoms with Gasteiger partial charge in [-0.1, -0.05) is 0 Å². The second-order valence-electron chi connectivity index (χ2n) is 4.06. The predicted octanol–water partition coefficient (Wildman–Crippen LogP) is 1.42. The number of nitrogens with zero attached hydrogens (tertiary/aromatic N) is 2. The van der Waals surface area contributed by atoms with E-state index >= 15 is 0 Å².